The van der Waals surface area contributed by atoms with E-state index in [1.165, 1.54) is 24.9 Å². The topological polar surface area (TPSA) is 78.7 Å². The Balaban J connectivity index is 1.44. The number of para-hydroxylation sites is 1. The summed E-state index contributed by atoms with van der Waals surface area (Å²) < 4.78 is 0. The van der Waals surface area contributed by atoms with Crippen LogP contribution in [0.15, 0.2) is 48.5 Å². The highest BCUT2D eigenvalue weighted by Gasteiger charge is 2.42. The van der Waals surface area contributed by atoms with E-state index in [2.05, 4.69) is 27.2 Å². The van der Waals surface area contributed by atoms with Gasteiger partial charge < -0.3 is 15.1 Å². The molecule has 0 bridgehead atoms. The number of benzene rings is 2. The number of nitrogens with one attached hydrogen (secondary N) is 1. The summed E-state index contributed by atoms with van der Waals surface area (Å²) in [6.07, 6.45) is 6.22. The number of nitro groups is 1. The van der Waals surface area contributed by atoms with Crippen LogP contribution in [-0.4, -0.2) is 42.5 Å². The zero-order valence-electron chi connectivity index (χ0n) is 18.3. The lowest BCUT2D eigenvalue weighted by molar-refractivity contribution is -0.384. The van der Waals surface area contributed by atoms with E-state index in [4.69, 9.17) is 0 Å². The number of amides is 1. The second-order valence-electron chi connectivity index (χ2n) is 9.27. The molecule has 0 spiro atoms. The molecule has 7 nitrogen and oxygen atoms in total. The number of carbonyl (C=O) groups is 1. The first-order valence-corrected chi connectivity index (χ1v) is 11.7. The summed E-state index contributed by atoms with van der Waals surface area (Å²) in [4.78, 5) is 29.2. The quantitative estimate of drug-likeness (QED) is 0.583. The number of hydrogen-bond donors (Lipinski definition) is 1. The molecule has 2 fully saturated rings. The highest BCUT2D eigenvalue weighted by Crippen LogP contribution is 2.38. The maximum absolute atomic E-state index is 13.5. The van der Waals surface area contributed by atoms with Gasteiger partial charge in [-0.15, -0.1) is 0 Å². The first-order valence-electron chi connectivity index (χ1n) is 11.7. The number of nitro benzene ring substituents is 1. The molecule has 2 unspecified atom stereocenters. The van der Waals surface area contributed by atoms with Crippen LogP contribution in [0.3, 0.4) is 0 Å². The number of nitrogens with zero attached hydrogens (tertiary/aromatic N) is 3. The third-order valence-corrected chi connectivity index (χ3v) is 7.32. The monoisotopic (exact) mass is 434 g/mol. The Kier molecular flexibility index (Phi) is 5.72. The van der Waals surface area contributed by atoms with Gasteiger partial charge in [-0.25, -0.2) is 0 Å². The second kappa shape index (κ2) is 8.81. The molecule has 2 heterocycles. The molecule has 2 atom stereocenters. The Morgan fingerprint density at radius 2 is 1.81 bits per heavy atom. The van der Waals surface area contributed by atoms with Crippen molar-refractivity contribution in [3.8, 4) is 0 Å². The number of fused-ring (bicyclic) bond motifs is 3. The zero-order chi connectivity index (χ0) is 22.1. The number of rotatable bonds is 4. The summed E-state index contributed by atoms with van der Waals surface area (Å²) in [7, 11) is 0. The predicted molar refractivity (Wildman–Crippen MR) is 125 cm³/mol. The molecule has 168 valence electrons. The van der Waals surface area contributed by atoms with Crippen LogP contribution in [0.1, 0.15) is 37.7 Å². The number of hydrogen-bond acceptors (Lipinski definition) is 5. The van der Waals surface area contributed by atoms with Gasteiger partial charge in [-0.1, -0.05) is 37.5 Å². The van der Waals surface area contributed by atoms with E-state index in [-0.39, 0.29) is 34.5 Å². The molecule has 1 aliphatic carbocycles. The van der Waals surface area contributed by atoms with E-state index in [0.717, 1.165) is 43.7 Å². The molecule has 2 aliphatic heterocycles. The van der Waals surface area contributed by atoms with Gasteiger partial charge in [-0.05, 0) is 43.0 Å². The van der Waals surface area contributed by atoms with Crippen LogP contribution in [0.4, 0.5) is 17.1 Å². The first kappa shape index (κ1) is 20.8. The van der Waals surface area contributed by atoms with E-state index < -0.39 is 0 Å². The Labute approximate surface area is 188 Å². The lowest BCUT2D eigenvalue weighted by Gasteiger charge is -2.49. The maximum Gasteiger partial charge on any atom is 0.269 e. The lowest BCUT2D eigenvalue weighted by Crippen LogP contribution is -2.61. The number of non-ortho nitro benzene ring substituents is 1. The highest BCUT2D eigenvalue weighted by molar-refractivity contribution is 5.83. The van der Waals surface area contributed by atoms with Gasteiger partial charge in [-0.3, -0.25) is 14.9 Å². The lowest BCUT2D eigenvalue weighted by atomic mass is 9.82. The summed E-state index contributed by atoms with van der Waals surface area (Å²) in [5.41, 5.74) is 3.21. The number of piperazine rings is 1. The highest BCUT2D eigenvalue weighted by atomic mass is 16.6. The molecule has 1 amide bonds. The molecule has 0 radical (unpaired) electrons. The van der Waals surface area contributed by atoms with Crippen LogP contribution in [-0.2, 0) is 11.2 Å². The van der Waals surface area contributed by atoms with Gasteiger partial charge in [0.2, 0.25) is 5.91 Å². The average Bonchev–Trinajstić information content (AvgIpc) is 2.84. The molecule has 1 saturated carbocycles. The predicted octanol–water partition coefficient (Wildman–Crippen LogP) is 3.91. The van der Waals surface area contributed by atoms with Gasteiger partial charge in [0.15, 0.2) is 0 Å². The van der Waals surface area contributed by atoms with Crippen molar-refractivity contribution in [2.24, 2.45) is 5.92 Å². The average molecular weight is 435 g/mol. The standard InChI is InChI=1S/C25H30N4O3/c30-25(26-19-7-3-1-4-8-19)22-16-18-15-21(29(31)32)11-12-23(18)28-14-13-27(17-24(22)28)20-9-5-2-6-10-20/h2,5-6,9-12,15,19,22,24H,1,3-4,7-8,13-14,16-17H2,(H,26,30). The minimum Gasteiger partial charge on any atom is -0.368 e. The van der Waals surface area contributed by atoms with Crippen molar-refractivity contribution in [3.63, 3.8) is 0 Å². The molecule has 5 rings (SSSR count). The SMILES string of the molecule is O=C(NC1CCCCC1)C1Cc2cc([N+](=O)[O-])ccc2N2CCN(c3ccccc3)CC12. The molecular weight excluding hydrogens is 404 g/mol. The Bertz CT molecular complexity index is 990. The van der Waals surface area contributed by atoms with Crippen LogP contribution < -0.4 is 15.1 Å². The molecular formula is C25H30N4O3. The van der Waals surface area contributed by atoms with Crippen LogP contribution in [0.2, 0.25) is 0 Å². The van der Waals surface area contributed by atoms with Crippen molar-refractivity contribution in [1.82, 2.24) is 5.32 Å². The van der Waals surface area contributed by atoms with Crippen LogP contribution in [0.5, 0.6) is 0 Å². The molecule has 2 aromatic carbocycles. The van der Waals surface area contributed by atoms with Gasteiger partial charge >= 0.3 is 0 Å². The Morgan fingerprint density at radius 1 is 1.03 bits per heavy atom. The van der Waals surface area contributed by atoms with Crippen molar-refractivity contribution in [2.75, 3.05) is 29.4 Å². The number of anilines is 2. The number of carbonyl (C=O) groups excluding carboxylic acids is 1. The fourth-order valence-corrected chi connectivity index (χ4v) is 5.65. The van der Waals surface area contributed by atoms with Crippen LogP contribution in [0, 0.1) is 16.0 Å². The minimum atomic E-state index is -0.350. The van der Waals surface area contributed by atoms with Gasteiger partial charge in [0, 0.05) is 49.2 Å². The van der Waals surface area contributed by atoms with Crippen molar-refractivity contribution in [1.29, 1.82) is 0 Å². The Hall–Kier alpha value is -3.09. The summed E-state index contributed by atoms with van der Waals surface area (Å²) >= 11 is 0. The van der Waals surface area contributed by atoms with Crippen LogP contribution in [0.25, 0.3) is 0 Å². The maximum atomic E-state index is 13.5. The summed E-state index contributed by atoms with van der Waals surface area (Å²) in [5, 5.41) is 14.7. The largest absolute Gasteiger partial charge is 0.368 e. The van der Waals surface area contributed by atoms with Gasteiger partial charge in [0.1, 0.15) is 0 Å². The fraction of sp³-hybridized carbons (Fsp3) is 0.480. The van der Waals surface area contributed by atoms with Gasteiger partial charge in [0.25, 0.3) is 5.69 Å². The molecule has 3 aliphatic rings. The second-order valence-corrected chi connectivity index (χ2v) is 9.27. The van der Waals surface area contributed by atoms with Gasteiger partial charge in [0.05, 0.1) is 16.9 Å². The third-order valence-electron chi connectivity index (χ3n) is 7.32. The van der Waals surface area contributed by atoms with Crippen molar-refractivity contribution >= 4 is 23.0 Å². The molecule has 7 heteroatoms. The molecule has 1 saturated heterocycles. The van der Waals surface area contributed by atoms with Crippen LogP contribution >= 0.6 is 0 Å². The first-order chi connectivity index (χ1) is 15.6. The van der Waals surface area contributed by atoms with Gasteiger partial charge in [-0.2, -0.15) is 0 Å². The molecule has 2 aromatic rings. The minimum absolute atomic E-state index is 0.0431. The van der Waals surface area contributed by atoms with Crippen molar-refractivity contribution < 1.29 is 9.72 Å². The van der Waals surface area contributed by atoms with Crippen molar-refractivity contribution in [3.05, 3.63) is 64.2 Å². The smallest absolute Gasteiger partial charge is 0.269 e. The molecule has 32 heavy (non-hydrogen) atoms. The van der Waals surface area contributed by atoms with E-state index in [1.54, 1.807) is 12.1 Å². The summed E-state index contributed by atoms with van der Waals surface area (Å²) in [5.74, 6) is -0.128. The normalized spacial score (nSPS) is 23.2. The molecule has 0 aromatic heterocycles. The van der Waals surface area contributed by atoms with E-state index in [0.29, 0.717) is 6.42 Å². The summed E-state index contributed by atoms with van der Waals surface area (Å²) in [6, 6.07) is 15.8. The van der Waals surface area contributed by atoms with Crippen molar-refractivity contribution in [2.45, 2.75) is 50.6 Å². The van der Waals surface area contributed by atoms with E-state index in [9.17, 15) is 14.9 Å². The van der Waals surface area contributed by atoms with E-state index in [1.807, 2.05) is 24.3 Å². The Morgan fingerprint density at radius 3 is 2.56 bits per heavy atom. The van der Waals surface area contributed by atoms with E-state index >= 15 is 0 Å². The summed E-state index contributed by atoms with van der Waals surface area (Å²) in [6.45, 7) is 2.41. The third kappa shape index (κ3) is 4.04. The molecule has 1 N–H and O–H groups in total. The fourth-order valence-electron chi connectivity index (χ4n) is 5.65. The zero-order valence-corrected chi connectivity index (χ0v) is 18.3.